The molecule has 0 fully saturated rings. The van der Waals surface area contributed by atoms with Gasteiger partial charge in [-0.1, -0.05) is 35.3 Å². The molecule has 0 atom stereocenters. The second-order valence-corrected chi connectivity index (χ2v) is 8.40. The predicted octanol–water partition coefficient (Wildman–Crippen LogP) is 4.51. The van der Waals surface area contributed by atoms with Gasteiger partial charge < -0.3 is 15.0 Å². The molecular weight excluding hydrogens is 437 g/mol. The normalized spacial score (nSPS) is 15.8. The highest BCUT2D eigenvalue weighted by Gasteiger charge is 2.31. The molecule has 2 aromatic carbocycles. The number of hydrogen-bond donors (Lipinski definition) is 1. The van der Waals surface area contributed by atoms with Gasteiger partial charge in [0, 0.05) is 25.0 Å². The molecule has 0 unspecified atom stereocenters. The number of halogens is 2. The van der Waals surface area contributed by atoms with Gasteiger partial charge >= 0.3 is 0 Å². The fourth-order valence-electron chi connectivity index (χ4n) is 3.83. The van der Waals surface area contributed by atoms with Crippen LogP contribution in [-0.2, 0) is 13.0 Å². The van der Waals surface area contributed by atoms with E-state index in [1.807, 2.05) is 6.07 Å². The number of anilines is 3. The van der Waals surface area contributed by atoms with Crippen LogP contribution >= 0.6 is 23.2 Å². The van der Waals surface area contributed by atoms with E-state index in [4.69, 9.17) is 27.9 Å². The van der Waals surface area contributed by atoms with Gasteiger partial charge in [-0.05, 0) is 48.9 Å². The highest BCUT2D eigenvalue weighted by molar-refractivity contribution is 6.40. The number of amides is 1. The molecule has 3 heterocycles. The zero-order chi connectivity index (χ0) is 21.5. The first-order valence-electron chi connectivity index (χ1n) is 9.82. The van der Waals surface area contributed by atoms with E-state index in [1.165, 1.54) is 22.2 Å². The number of aromatic nitrogens is 2. The lowest BCUT2D eigenvalue weighted by Gasteiger charge is -2.29. The number of nitrogens with zero attached hydrogens (tertiary/aromatic N) is 4. The minimum absolute atomic E-state index is 0.0447. The molecular formula is C22H19Cl2N5O2. The summed E-state index contributed by atoms with van der Waals surface area (Å²) in [5.41, 5.74) is 4.20. The van der Waals surface area contributed by atoms with Crippen LogP contribution in [0.2, 0.25) is 10.0 Å². The molecule has 2 aliphatic rings. The molecule has 3 aromatic rings. The number of ether oxygens (including phenoxy) is 1. The van der Waals surface area contributed by atoms with Crippen LogP contribution in [0, 0.1) is 0 Å². The summed E-state index contributed by atoms with van der Waals surface area (Å²) < 4.78 is 5.74. The van der Waals surface area contributed by atoms with Gasteiger partial charge in [-0.25, -0.2) is 4.98 Å². The minimum Gasteiger partial charge on any atom is -0.455 e. The van der Waals surface area contributed by atoms with Crippen LogP contribution in [0.15, 0.2) is 42.6 Å². The fourth-order valence-corrected chi connectivity index (χ4v) is 4.43. The van der Waals surface area contributed by atoms with E-state index in [2.05, 4.69) is 39.4 Å². The van der Waals surface area contributed by atoms with E-state index in [9.17, 15) is 4.79 Å². The first kappa shape index (κ1) is 20.1. The van der Waals surface area contributed by atoms with Gasteiger partial charge in [0.15, 0.2) is 6.73 Å². The van der Waals surface area contributed by atoms with Gasteiger partial charge in [-0.15, -0.1) is 0 Å². The Bertz CT molecular complexity index is 1170. The molecule has 31 heavy (non-hydrogen) atoms. The summed E-state index contributed by atoms with van der Waals surface area (Å²) in [4.78, 5) is 25.4. The predicted molar refractivity (Wildman–Crippen MR) is 121 cm³/mol. The molecule has 0 bridgehead atoms. The van der Waals surface area contributed by atoms with Gasteiger partial charge in [0.05, 0.1) is 15.7 Å². The van der Waals surface area contributed by atoms with E-state index >= 15 is 0 Å². The van der Waals surface area contributed by atoms with Gasteiger partial charge in [0.1, 0.15) is 5.56 Å². The molecule has 9 heteroatoms. The number of carbonyl (C=O) groups is 1. The molecule has 5 rings (SSSR count). The zero-order valence-corrected chi connectivity index (χ0v) is 18.2. The Morgan fingerprint density at radius 3 is 2.74 bits per heavy atom. The van der Waals surface area contributed by atoms with Gasteiger partial charge in [0.2, 0.25) is 11.8 Å². The first-order chi connectivity index (χ1) is 15.0. The molecule has 2 aliphatic heterocycles. The summed E-state index contributed by atoms with van der Waals surface area (Å²) >= 11 is 12.5. The van der Waals surface area contributed by atoms with Gasteiger partial charge in [0.25, 0.3) is 5.91 Å². The van der Waals surface area contributed by atoms with Crippen molar-refractivity contribution < 1.29 is 9.53 Å². The summed E-state index contributed by atoms with van der Waals surface area (Å²) in [5.74, 6) is 0.263. The number of para-hydroxylation sites is 1. The number of benzene rings is 2. The van der Waals surface area contributed by atoms with E-state index < -0.39 is 0 Å². The van der Waals surface area contributed by atoms with Crippen LogP contribution in [0.1, 0.15) is 21.5 Å². The number of likely N-dealkylation sites (N-methyl/N-ethyl adjacent to an activating group) is 1. The van der Waals surface area contributed by atoms with Crippen LogP contribution in [0.4, 0.5) is 17.3 Å². The summed E-state index contributed by atoms with van der Waals surface area (Å²) in [6, 6.07) is 11.3. The van der Waals surface area contributed by atoms with Crippen molar-refractivity contribution in [3.05, 3.63) is 69.3 Å². The number of fused-ring (bicyclic) bond motifs is 2. The SMILES string of the molecule is CN1CCc2ccc(Nc3ncc4c(n3)OCN(c3c(Cl)cccc3Cl)C4=O)cc2C1. The zero-order valence-electron chi connectivity index (χ0n) is 16.7. The van der Waals surface area contributed by atoms with Crippen LogP contribution in [0.5, 0.6) is 5.88 Å². The smallest absolute Gasteiger partial charge is 0.268 e. The Hall–Kier alpha value is -2.87. The quantitative estimate of drug-likeness (QED) is 0.626. The van der Waals surface area contributed by atoms with Crippen LogP contribution in [-0.4, -0.2) is 41.1 Å². The lowest BCUT2D eigenvalue weighted by Crippen LogP contribution is -2.39. The second kappa shape index (κ2) is 8.00. The van der Waals surface area contributed by atoms with E-state index in [0.29, 0.717) is 21.7 Å². The summed E-state index contributed by atoms with van der Waals surface area (Å²) in [6.45, 7) is 1.93. The topological polar surface area (TPSA) is 70.6 Å². The van der Waals surface area contributed by atoms with Crippen molar-refractivity contribution in [3.63, 3.8) is 0 Å². The maximum atomic E-state index is 13.0. The third-order valence-corrected chi connectivity index (χ3v) is 6.04. The monoisotopic (exact) mass is 455 g/mol. The summed E-state index contributed by atoms with van der Waals surface area (Å²) in [5, 5.41) is 3.94. The molecule has 1 aromatic heterocycles. The molecule has 0 saturated carbocycles. The van der Waals surface area contributed by atoms with Crippen LogP contribution in [0.3, 0.4) is 0 Å². The molecule has 0 radical (unpaired) electrons. The van der Waals surface area contributed by atoms with Crippen molar-refractivity contribution in [2.24, 2.45) is 0 Å². The highest BCUT2D eigenvalue weighted by atomic mass is 35.5. The Morgan fingerprint density at radius 1 is 1.13 bits per heavy atom. The number of nitrogens with one attached hydrogen (secondary N) is 1. The Balaban J connectivity index is 1.39. The molecule has 158 valence electrons. The molecule has 0 aliphatic carbocycles. The summed E-state index contributed by atoms with van der Waals surface area (Å²) in [7, 11) is 2.11. The molecule has 0 saturated heterocycles. The highest BCUT2D eigenvalue weighted by Crippen LogP contribution is 2.37. The average Bonchev–Trinajstić information content (AvgIpc) is 2.75. The van der Waals surface area contributed by atoms with Gasteiger partial charge in [-0.3, -0.25) is 9.69 Å². The fraction of sp³-hybridized carbons (Fsp3) is 0.227. The van der Waals surface area contributed by atoms with Crippen LogP contribution < -0.4 is 15.0 Å². The summed E-state index contributed by atoms with van der Waals surface area (Å²) in [6.07, 6.45) is 2.50. The number of carbonyl (C=O) groups excluding carboxylic acids is 1. The van der Waals surface area contributed by atoms with E-state index in [0.717, 1.165) is 25.2 Å². The molecule has 1 amide bonds. The van der Waals surface area contributed by atoms with Crippen LogP contribution in [0.25, 0.3) is 0 Å². The molecule has 0 spiro atoms. The van der Waals surface area contributed by atoms with Crippen molar-refractivity contribution >= 4 is 46.4 Å². The van der Waals surface area contributed by atoms with Crippen molar-refractivity contribution in [1.29, 1.82) is 0 Å². The van der Waals surface area contributed by atoms with Crippen molar-refractivity contribution in [3.8, 4) is 5.88 Å². The Morgan fingerprint density at radius 2 is 1.94 bits per heavy atom. The molecule has 7 nitrogen and oxygen atoms in total. The van der Waals surface area contributed by atoms with E-state index in [1.54, 1.807) is 18.2 Å². The number of hydrogen-bond acceptors (Lipinski definition) is 6. The largest absolute Gasteiger partial charge is 0.455 e. The lowest BCUT2D eigenvalue weighted by atomic mass is 9.99. The van der Waals surface area contributed by atoms with Crippen molar-refractivity contribution in [2.45, 2.75) is 13.0 Å². The Labute approximate surface area is 189 Å². The van der Waals surface area contributed by atoms with E-state index in [-0.39, 0.29) is 24.1 Å². The average molecular weight is 456 g/mol. The Kier molecular flexibility index (Phi) is 5.17. The third-order valence-electron chi connectivity index (χ3n) is 5.43. The number of rotatable bonds is 3. The van der Waals surface area contributed by atoms with Crippen molar-refractivity contribution in [2.75, 3.05) is 30.5 Å². The molecule has 1 N–H and O–H groups in total. The van der Waals surface area contributed by atoms with Gasteiger partial charge in [-0.2, -0.15) is 4.98 Å². The maximum absolute atomic E-state index is 13.0. The maximum Gasteiger partial charge on any atom is 0.268 e. The standard InChI is InChI=1S/C22H19Cl2N5O2/c1-28-8-7-13-5-6-15(9-14(13)11-28)26-22-25-10-16-20(27-22)31-12-29(21(16)30)19-17(23)3-2-4-18(19)24/h2-6,9-10H,7-8,11-12H2,1H3,(H,25,26,27). The second-order valence-electron chi connectivity index (χ2n) is 7.59. The van der Waals surface area contributed by atoms with Crippen molar-refractivity contribution in [1.82, 2.24) is 14.9 Å². The lowest BCUT2D eigenvalue weighted by molar-refractivity contribution is 0.0932. The third kappa shape index (κ3) is 3.80. The first-order valence-corrected chi connectivity index (χ1v) is 10.6. The minimum atomic E-state index is -0.320.